The predicted octanol–water partition coefficient (Wildman–Crippen LogP) is 0.534. The Morgan fingerprint density at radius 3 is 2.83 bits per heavy atom. The van der Waals surface area contributed by atoms with Crippen LogP contribution in [-0.2, 0) is 4.79 Å². The molecule has 1 heterocycles. The fraction of sp³-hybridized carbons (Fsp3) is 0.923. The van der Waals surface area contributed by atoms with Gasteiger partial charge in [-0.1, -0.05) is 13.3 Å². The van der Waals surface area contributed by atoms with Gasteiger partial charge in [0.05, 0.1) is 13.0 Å². The fourth-order valence-electron chi connectivity index (χ4n) is 2.77. The quantitative estimate of drug-likeness (QED) is 0.592. The van der Waals surface area contributed by atoms with Crippen LogP contribution in [0.25, 0.3) is 0 Å². The number of rotatable bonds is 8. The van der Waals surface area contributed by atoms with Gasteiger partial charge in [0.2, 0.25) is 0 Å². The molecular formula is C13H26N2O3. The summed E-state index contributed by atoms with van der Waals surface area (Å²) in [6.07, 6.45) is 3.72. The Morgan fingerprint density at radius 1 is 1.44 bits per heavy atom. The van der Waals surface area contributed by atoms with Gasteiger partial charge in [-0.15, -0.1) is 0 Å². The number of hydrogen-bond donors (Lipinski definition) is 3. The third-order valence-corrected chi connectivity index (χ3v) is 3.50. The molecule has 5 heteroatoms. The van der Waals surface area contributed by atoms with Gasteiger partial charge in [0, 0.05) is 32.2 Å². The van der Waals surface area contributed by atoms with E-state index in [-0.39, 0.29) is 13.0 Å². The van der Waals surface area contributed by atoms with E-state index in [0.29, 0.717) is 25.0 Å². The Kier molecular flexibility index (Phi) is 7.23. The molecule has 0 aliphatic carbocycles. The molecule has 2 atom stereocenters. The highest BCUT2D eigenvalue weighted by atomic mass is 16.4. The van der Waals surface area contributed by atoms with Gasteiger partial charge in [0.25, 0.3) is 0 Å². The molecule has 1 aliphatic heterocycles. The molecule has 1 fully saturated rings. The zero-order chi connectivity index (χ0) is 13.4. The van der Waals surface area contributed by atoms with E-state index in [0.717, 1.165) is 19.5 Å². The average molecular weight is 258 g/mol. The van der Waals surface area contributed by atoms with Crippen molar-refractivity contribution in [3.8, 4) is 0 Å². The topological polar surface area (TPSA) is 72.8 Å². The van der Waals surface area contributed by atoms with Crippen LogP contribution in [0.5, 0.6) is 0 Å². The number of aliphatic hydroxyl groups is 1. The summed E-state index contributed by atoms with van der Waals surface area (Å²) in [6.45, 7) is 5.51. The number of carboxylic acid groups (broad SMARTS) is 1. The summed E-state index contributed by atoms with van der Waals surface area (Å²) < 4.78 is 0. The largest absolute Gasteiger partial charge is 0.481 e. The van der Waals surface area contributed by atoms with Crippen LogP contribution in [0, 0.1) is 5.92 Å². The molecule has 18 heavy (non-hydrogen) atoms. The second-order valence-electron chi connectivity index (χ2n) is 5.17. The number of likely N-dealkylation sites (tertiary alicyclic amines) is 1. The molecule has 1 saturated heterocycles. The van der Waals surface area contributed by atoms with E-state index in [4.69, 9.17) is 10.2 Å². The lowest BCUT2D eigenvalue weighted by atomic mass is 9.90. The van der Waals surface area contributed by atoms with Gasteiger partial charge in [-0.05, 0) is 18.8 Å². The SMILES string of the molecule is CCCC1CC(NCCO)CN(CCC(=O)O)C1. The fourth-order valence-corrected chi connectivity index (χ4v) is 2.77. The molecule has 0 radical (unpaired) electrons. The Balaban J connectivity index is 2.42. The van der Waals surface area contributed by atoms with Gasteiger partial charge in [-0.25, -0.2) is 0 Å². The number of carboxylic acids is 1. The molecule has 1 aliphatic rings. The van der Waals surface area contributed by atoms with Crippen molar-refractivity contribution in [3.05, 3.63) is 0 Å². The lowest BCUT2D eigenvalue weighted by molar-refractivity contribution is -0.137. The second kappa shape index (κ2) is 8.45. The molecule has 2 unspecified atom stereocenters. The Bertz CT molecular complexity index is 248. The van der Waals surface area contributed by atoms with E-state index in [1.54, 1.807) is 0 Å². The van der Waals surface area contributed by atoms with Crippen LogP contribution in [-0.4, -0.2) is 59.9 Å². The van der Waals surface area contributed by atoms with Crippen LogP contribution in [0.1, 0.15) is 32.6 Å². The maximum absolute atomic E-state index is 10.6. The van der Waals surface area contributed by atoms with Gasteiger partial charge in [0.1, 0.15) is 0 Å². The summed E-state index contributed by atoms with van der Waals surface area (Å²) in [6, 6.07) is 0.385. The van der Waals surface area contributed by atoms with Crippen molar-refractivity contribution in [3.63, 3.8) is 0 Å². The number of nitrogens with zero attached hydrogens (tertiary/aromatic N) is 1. The first-order valence-corrected chi connectivity index (χ1v) is 6.94. The highest BCUT2D eigenvalue weighted by Crippen LogP contribution is 2.21. The number of nitrogens with one attached hydrogen (secondary N) is 1. The van der Waals surface area contributed by atoms with E-state index in [9.17, 15) is 4.79 Å². The van der Waals surface area contributed by atoms with Gasteiger partial charge in [0.15, 0.2) is 0 Å². The summed E-state index contributed by atoms with van der Waals surface area (Å²) in [4.78, 5) is 12.9. The van der Waals surface area contributed by atoms with Crippen molar-refractivity contribution < 1.29 is 15.0 Å². The molecule has 106 valence electrons. The first-order valence-electron chi connectivity index (χ1n) is 6.94. The average Bonchev–Trinajstić information content (AvgIpc) is 2.34. The van der Waals surface area contributed by atoms with E-state index in [1.807, 2.05) is 0 Å². The Labute approximate surface area is 109 Å². The first-order chi connectivity index (χ1) is 8.65. The van der Waals surface area contributed by atoms with E-state index < -0.39 is 5.97 Å². The molecule has 0 saturated carbocycles. The second-order valence-corrected chi connectivity index (χ2v) is 5.17. The maximum atomic E-state index is 10.6. The van der Waals surface area contributed by atoms with Crippen molar-refractivity contribution in [2.45, 2.75) is 38.6 Å². The molecule has 0 amide bonds. The molecule has 5 nitrogen and oxygen atoms in total. The van der Waals surface area contributed by atoms with Crippen molar-refractivity contribution in [2.75, 3.05) is 32.8 Å². The standard InChI is InChI=1S/C13H26N2O3/c1-2-3-11-8-12(14-5-7-16)10-15(9-11)6-4-13(17)18/h11-12,14,16H,2-10H2,1H3,(H,17,18). The summed E-state index contributed by atoms with van der Waals surface area (Å²) in [5.41, 5.74) is 0. The first kappa shape index (κ1) is 15.4. The molecule has 1 rings (SSSR count). The van der Waals surface area contributed by atoms with Crippen molar-refractivity contribution in [1.82, 2.24) is 10.2 Å². The van der Waals surface area contributed by atoms with E-state index in [1.165, 1.54) is 12.8 Å². The minimum Gasteiger partial charge on any atom is -0.481 e. The zero-order valence-electron chi connectivity index (χ0n) is 11.3. The van der Waals surface area contributed by atoms with Crippen LogP contribution in [0.4, 0.5) is 0 Å². The molecule has 0 aromatic carbocycles. The highest BCUT2D eigenvalue weighted by Gasteiger charge is 2.26. The van der Waals surface area contributed by atoms with Crippen LogP contribution >= 0.6 is 0 Å². The minimum absolute atomic E-state index is 0.157. The maximum Gasteiger partial charge on any atom is 0.304 e. The number of carbonyl (C=O) groups is 1. The summed E-state index contributed by atoms with van der Waals surface area (Å²) in [5, 5.41) is 20.9. The van der Waals surface area contributed by atoms with Gasteiger partial charge in [-0.2, -0.15) is 0 Å². The molecule has 0 spiro atoms. The molecule has 0 aromatic rings. The zero-order valence-corrected chi connectivity index (χ0v) is 11.3. The molecule has 3 N–H and O–H groups in total. The summed E-state index contributed by atoms with van der Waals surface area (Å²) in [5.74, 6) is -0.0822. The van der Waals surface area contributed by atoms with Gasteiger partial charge in [-0.3, -0.25) is 4.79 Å². The predicted molar refractivity (Wildman–Crippen MR) is 70.6 cm³/mol. The lowest BCUT2D eigenvalue weighted by Gasteiger charge is -2.38. The van der Waals surface area contributed by atoms with E-state index >= 15 is 0 Å². The summed E-state index contributed by atoms with van der Waals surface area (Å²) in [7, 11) is 0. The number of aliphatic hydroxyl groups excluding tert-OH is 1. The normalized spacial score (nSPS) is 25.2. The third-order valence-electron chi connectivity index (χ3n) is 3.50. The van der Waals surface area contributed by atoms with Gasteiger partial charge < -0.3 is 20.4 Å². The number of hydrogen-bond acceptors (Lipinski definition) is 4. The Morgan fingerprint density at radius 2 is 2.22 bits per heavy atom. The van der Waals surface area contributed by atoms with E-state index in [2.05, 4.69) is 17.1 Å². The smallest absolute Gasteiger partial charge is 0.304 e. The number of piperidine rings is 1. The van der Waals surface area contributed by atoms with Crippen LogP contribution < -0.4 is 5.32 Å². The summed E-state index contributed by atoms with van der Waals surface area (Å²) >= 11 is 0. The molecular weight excluding hydrogens is 232 g/mol. The van der Waals surface area contributed by atoms with Crippen molar-refractivity contribution in [2.24, 2.45) is 5.92 Å². The van der Waals surface area contributed by atoms with Gasteiger partial charge >= 0.3 is 5.97 Å². The van der Waals surface area contributed by atoms with Crippen molar-refractivity contribution in [1.29, 1.82) is 0 Å². The highest BCUT2D eigenvalue weighted by molar-refractivity contribution is 5.66. The lowest BCUT2D eigenvalue weighted by Crippen LogP contribution is -2.50. The van der Waals surface area contributed by atoms with Crippen molar-refractivity contribution >= 4 is 5.97 Å². The van der Waals surface area contributed by atoms with Crippen LogP contribution in [0.15, 0.2) is 0 Å². The third kappa shape index (κ3) is 5.80. The number of aliphatic carboxylic acids is 1. The molecule has 0 bridgehead atoms. The monoisotopic (exact) mass is 258 g/mol. The Hall–Kier alpha value is -0.650. The minimum atomic E-state index is -0.729. The molecule has 0 aromatic heterocycles. The van der Waals surface area contributed by atoms with Crippen LogP contribution in [0.3, 0.4) is 0 Å². The van der Waals surface area contributed by atoms with Crippen LogP contribution in [0.2, 0.25) is 0 Å².